The van der Waals surface area contributed by atoms with Gasteiger partial charge < -0.3 is 10.0 Å². The lowest BCUT2D eigenvalue weighted by molar-refractivity contribution is 0.475. The number of halogens is 1. The molecule has 0 spiro atoms. The number of unbranched alkanes of at least 4 members (excludes halogenated alkanes) is 1. The number of phenolic OH excluding ortho intramolecular Hbond substituents is 1. The number of hydrogen-bond acceptors (Lipinski definition) is 4. The summed E-state index contributed by atoms with van der Waals surface area (Å²) in [6.45, 7) is 2.18. The van der Waals surface area contributed by atoms with Crippen LogP contribution in [0.15, 0.2) is 88.4 Å². The zero-order valence-electron chi connectivity index (χ0n) is 17.9. The van der Waals surface area contributed by atoms with Crippen molar-refractivity contribution in [2.24, 2.45) is 0 Å². The predicted molar refractivity (Wildman–Crippen MR) is 134 cm³/mol. The molecule has 1 N–H and O–H groups in total. The van der Waals surface area contributed by atoms with Gasteiger partial charge in [-0.1, -0.05) is 66.0 Å². The quantitative estimate of drug-likeness (QED) is 0.376. The van der Waals surface area contributed by atoms with E-state index in [1.807, 2.05) is 12.3 Å². The zero-order chi connectivity index (χ0) is 22.7. The number of benzene rings is 3. The molecule has 0 saturated carbocycles. The molecule has 1 unspecified atom stereocenters. The van der Waals surface area contributed by atoms with E-state index < -0.39 is 9.84 Å². The summed E-state index contributed by atoms with van der Waals surface area (Å²) in [5.41, 5.74) is 4.70. The van der Waals surface area contributed by atoms with E-state index in [2.05, 4.69) is 64.2 Å². The van der Waals surface area contributed by atoms with Gasteiger partial charge in [-0.25, -0.2) is 8.42 Å². The van der Waals surface area contributed by atoms with Crippen LogP contribution in [0.25, 0.3) is 11.1 Å². The van der Waals surface area contributed by atoms with Gasteiger partial charge >= 0.3 is 0 Å². The van der Waals surface area contributed by atoms with Crippen molar-refractivity contribution in [2.45, 2.75) is 37.1 Å². The molecule has 4 rings (SSSR count). The molecule has 0 bridgehead atoms. The molecule has 32 heavy (non-hydrogen) atoms. The summed E-state index contributed by atoms with van der Waals surface area (Å²) in [6.07, 6.45) is 6.81. The van der Waals surface area contributed by atoms with Crippen LogP contribution in [0.4, 0.5) is 5.69 Å². The van der Waals surface area contributed by atoms with E-state index in [4.69, 9.17) is 0 Å². The second kappa shape index (κ2) is 9.51. The fraction of sp³-hybridized carbons (Fsp3) is 0.231. The highest BCUT2D eigenvalue weighted by atomic mass is 79.9. The largest absolute Gasteiger partial charge is 0.508 e. The van der Waals surface area contributed by atoms with Crippen molar-refractivity contribution in [2.75, 3.05) is 10.7 Å². The summed E-state index contributed by atoms with van der Waals surface area (Å²) in [7, 11) is -3.49. The third kappa shape index (κ3) is 4.62. The van der Waals surface area contributed by atoms with Gasteiger partial charge in [-0.05, 0) is 60.0 Å². The van der Waals surface area contributed by atoms with Crippen LogP contribution in [0.3, 0.4) is 0 Å². The van der Waals surface area contributed by atoms with E-state index in [0.29, 0.717) is 0 Å². The first-order valence-electron chi connectivity index (χ1n) is 10.8. The van der Waals surface area contributed by atoms with Gasteiger partial charge in [0.2, 0.25) is 0 Å². The lowest BCUT2D eigenvalue weighted by atomic mass is 9.86. The Hall–Kier alpha value is -2.57. The second-order valence-electron chi connectivity index (χ2n) is 7.97. The maximum absolute atomic E-state index is 12.8. The molecular formula is C26H26BrNO3S. The Kier molecular flexibility index (Phi) is 6.72. The number of nitrogens with zero attached hydrogens (tertiary/aromatic N) is 1. The molecule has 1 aliphatic rings. The molecule has 1 heterocycles. The predicted octanol–water partition coefficient (Wildman–Crippen LogP) is 6.86. The number of phenols is 1. The minimum Gasteiger partial charge on any atom is -0.508 e. The molecule has 0 radical (unpaired) electrons. The minimum atomic E-state index is -3.49. The lowest BCUT2D eigenvalue weighted by Crippen LogP contribution is -2.27. The molecule has 166 valence electrons. The van der Waals surface area contributed by atoms with Gasteiger partial charge in [-0.3, -0.25) is 0 Å². The van der Waals surface area contributed by atoms with Crippen LogP contribution in [0.2, 0.25) is 0 Å². The van der Waals surface area contributed by atoms with E-state index in [0.717, 1.165) is 35.0 Å². The molecule has 0 aliphatic carbocycles. The SMILES string of the molecule is CCCCC1c2ccccc2-c2cc(Br)ccc2N1C=CCS(=O)(=O)c1ccc(O)cc1. The first-order valence-corrected chi connectivity index (χ1v) is 13.2. The standard InChI is InChI=1S/C26H26BrNO3S/c1-2-3-9-25-23-8-5-4-7-22(23)24-18-19(27)10-15-26(24)28(25)16-6-17-32(30,31)21-13-11-20(29)12-14-21/h4-8,10-16,18,25,29H,2-3,9,17H2,1H3. The number of anilines is 1. The van der Waals surface area contributed by atoms with Gasteiger partial charge in [0.05, 0.1) is 16.7 Å². The van der Waals surface area contributed by atoms with Crippen LogP contribution in [0.1, 0.15) is 37.8 Å². The van der Waals surface area contributed by atoms with Gasteiger partial charge in [0, 0.05) is 21.9 Å². The van der Waals surface area contributed by atoms with E-state index in [9.17, 15) is 13.5 Å². The van der Waals surface area contributed by atoms with Crippen molar-refractivity contribution in [3.63, 3.8) is 0 Å². The number of hydrogen-bond donors (Lipinski definition) is 1. The van der Waals surface area contributed by atoms with Crippen LogP contribution >= 0.6 is 15.9 Å². The highest BCUT2D eigenvalue weighted by molar-refractivity contribution is 9.10. The third-order valence-electron chi connectivity index (χ3n) is 5.79. The average molecular weight is 512 g/mol. The van der Waals surface area contributed by atoms with E-state index in [1.54, 1.807) is 6.08 Å². The van der Waals surface area contributed by atoms with E-state index in [1.165, 1.54) is 35.4 Å². The fourth-order valence-corrected chi connectivity index (χ4v) is 5.65. The maximum Gasteiger partial charge on any atom is 0.181 e. The zero-order valence-corrected chi connectivity index (χ0v) is 20.3. The highest BCUT2D eigenvalue weighted by Gasteiger charge is 2.29. The van der Waals surface area contributed by atoms with Crippen LogP contribution in [-0.2, 0) is 9.84 Å². The van der Waals surface area contributed by atoms with Gasteiger partial charge in [0.1, 0.15) is 5.75 Å². The second-order valence-corrected chi connectivity index (χ2v) is 10.9. The monoisotopic (exact) mass is 511 g/mol. The first-order chi connectivity index (χ1) is 15.4. The molecule has 0 aromatic heterocycles. The highest BCUT2D eigenvalue weighted by Crippen LogP contribution is 2.47. The van der Waals surface area contributed by atoms with Gasteiger partial charge in [0.25, 0.3) is 0 Å². The third-order valence-corrected chi connectivity index (χ3v) is 7.91. The number of sulfone groups is 1. The molecule has 0 fully saturated rings. The Balaban J connectivity index is 1.70. The summed E-state index contributed by atoms with van der Waals surface area (Å²) in [6, 6.07) is 20.5. The molecule has 1 atom stereocenters. The van der Waals surface area contributed by atoms with Gasteiger partial charge in [-0.15, -0.1) is 0 Å². The molecule has 0 amide bonds. The Morgan fingerprint density at radius 2 is 1.78 bits per heavy atom. The van der Waals surface area contributed by atoms with Crippen LogP contribution in [-0.4, -0.2) is 19.3 Å². The maximum atomic E-state index is 12.8. The van der Waals surface area contributed by atoms with Crippen molar-refractivity contribution >= 4 is 31.5 Å². The van der Waals surface area contributed by atoms with Crippen molar-refractivity contribution in [3.8, 4) is 16.9 Å². The van der Waals surface area contributed by atoms with Gasteiger partial charge in [0.15, 0.2) is 9.84 Å². The average Bonchev–Trinajstić information content (AvgIpc) is 2.78. The molecule has 1 aliphatic heterocycles. The molecule has 0 saturated heterocycles. The van der Waals surface area contributed by atoms with Crippen LogP contribution in [0, 0.1) is 0 Å². The lowest BCUT2D eigenvalue weighted by Gasteiger charge is -2.38. The molecule has 6 heteroatoms. The minimum absolute atomic E-state index is 0.0491. The Morgan fingerprint density at radius 3 is 2.53 bits per heavy atom. The number of fused-ring (bicyclic) bond motifs is 3. The van der Waals surface area contributed by atoms with Gasteiger partial charge in [-0.2, -0.15) is 0 Å². The Labute approximate surface area is 198 Å². The summed E-state index contributed by atoms with van der Waals surface area (Å²) < 4.78 is 26.6. The van der Waals surface area contributed by atoms with Crippen LogP contribution < -0.4 is 4.90 Å². The van der Waals surface area contributed by atoms with Crippen molar-refractivity contribution in [3.05, 3.63) is 89.0 Å². The summed E-state index contributed by atoms with van der Waals surface area (Å²) in [5, 5.41) is 9.44. The normalized spacial score (nSPS) is 15.6. The molecule has 3 aromatic carbocycles. The Morgan fingerprint density at radius 1 is 1.03 bits per heavy atom. The number of rotatable bonds is 7. The molecular weight excluding hydrogens is 486 g/mol. The van der Waals surface area contributed by atoms with Crippen molar-refractivity contribution in [1.29, 1.82) is 0 Å². The smallest absolute Gasteiger partial charge is 0.181 e. The summed E-state index contributed by atoms with van der Waals surface area (Å²) >= 11 is 3.60. The fourth-order valence-electron chi connectivity index (χ4n) is 4.21. The topological polar surface area (TPSA) is 57.6 Å². The van der Waals surface area contributed by atoms with Crippen molar-refractivity contribution < 1.29 is 13.5 Å². The number of aromatic hydroxyl groups is 1. The summed E-state index contributed by atoms with van der Waals surface area (Å²) in [5.74, 6) is -0.0598. The first kappa shape index (κ1) is 22.6. The van der Waals surface area contributed by atoms with Crippen molar-refractivity contribution in [1.82, 2.24) is 0 Å². The van der Waals surface area contributed by atoms with E-state index >= 15 is 0 Å². The van der Waals surface area contributed by atoms with Crippen LogP contribution in [0.5, 0.6) is 5.75 Å². The molecule has 4 nitrogen and oxygen atoms in total. The summed E-state index contributed by atoms with van der Waals surface area (Å²) in [4.78, 5) is 2.42. The Bertz CT molecular complexity index is 1240. The molecule has 3 aromatic rings. The van der Waals surface area contributed by atoms with E-state index in [-0.39, 0.29) is 22.4 Å².